The van der Waals surface area contributed by atoms with E-state index in [1.165, 1.54) is 0 Å². The zero-order chi connectivity index (χ0) is 12.9. The van der Waals surface area contributed by atoms with E-state index in [-0.39, 0.29) is 5.41 Å². The maximum Gasteiger partial charge on any atom is 0.168 e. The van der Waals surface area contributed by atoms with Gasteiger partial charge in [-0.15, -0.1) is 0 Å². The molecule has 0 unspecified atom stereocenters. The number of hydrogen-bond donors (Lipinski definition) is 1. The van der Waals surface area contributed by atoms with Gasteiger partial charge in [0.2, 0.25) is 0 Å². The van der Waals surface area contributed by atoms with Gasteiger partial charge in [-0.2, -0.15) is 0 Å². The van der Waals surface area contributed by atoms with Crippen LogP contribution in [-0.4, -0.2) is 18.1 Å². The highest BCUT2D eigenvalue weighted by Crippen LogP contribution is 2.28. The number of rotatable bonds is 6. The molecule has 17 heavy (non-hydrogen) atoms. The molecule has 0 saturated carbocycles. The third-order valence-electron chi connectivity index (χ3n) is 3.34. The standard InChI is InChI=1S/C14H24N2O/c1-6-17-12-8-7-9-15-13(12)16-10-14(4,5)11(2)3/h7-9,11H,6,10H2,1-5H3,(H,15,16). The predicted octanol–water partition coefficient (Wildman–Crippen LogP) is 3.57. The van der Waals surface area contributed by atoms with Crippen LogP contribution in [0.4, 0.5) is 5.82 Å². The molecular formula is C14H24N2O. The topological polar surface area (TPSA) is 34.1 Å². The number of anilines is 1. The highest BCUT2D eigenvalue weighted by atomic mass is 16.5. The second-order valence-electron chi connectivity index (χ2n) is 5.28. The normalized spacial score (nSPS) is 11.6. The minimum Gasteiger partial charge on any atom is -0.490 e. The summed E-state index contributed by atoms with van der Waals surface area (Å²) in [6.07, 6.45) is 1.78. The molecule has 0 aliphatic heterocycles. The second kappa shape index (κ2) is 5.89. The largest absolute Gasteiger partial charge is 0.490 e. The monoisotopic (exact) mass is 236 g/mol. The van der Waals surface area contributed by atoms with Crippen LogP contribution in [0.1, 0.15) is 34.6 Å². The molecule has 0 aliphatic rings. The van der Waals surface area contributed by atoms with Gasteiger partial charge in [0.15, 0.2) is 11.6 Å². The van der Waals surface area contributed by atoms with Crippen LogP contribution in [0.3, 0.4) is 0 Å². The van der Waals surface area contributed by atoms with Crippen LogP contribution in [0.2, 0.25) is 0 Å². The van der Waals surface area contributed by atoms with Gasteiger partial charge in [0.1, 0.15) is 0 Å². The van der Waals surface area contributed by atoms with E-state index in [0.29, 0.717) is 12.5 Å². The smallest absolute Gasteiger partial charge is 0.168 e. The van der Waals surface area contributed by atoms with Crippen LogP contribution in [0.15, 0.2) is 18.3 Å². The molecular weight excluding hydrogens is 212 g/mol. The summed E-state index contributed by atoms with van der Waals surface area (Å²) in [4.78, 5) is 4.32. The first-order valence-electron chi connectivity index (χ1n) is 6.29. The van der Waals surface area contributed by atoms with Gasteiger partial charge in [0, 0.05) is 12.7 Å². The summed E-state index contributed by atoms with van der Waals surface area (Å²) < 4.78 is 5.54. The van der Waals surface area contributed by atoms with Crippen molar-refractivity contribution in [2.24, 2.45) is 11.3 Å². The first kappa shape index (κ1) is 13.8. The molecule has 0 amide bonds. The Bertz CT molecular complexity index is 348. The minimum absolute atomic E-state index is 0.237. The zero-order valence-corrected chi connectivity index (χ0v) is 11.6. The van der Waals surface area contributed by atoms with Crippen LogP contribution in [0.5, 0.6) is 5.75 Å². The van der Waals surface area contributed by atoms with Crippen molar-refractivity contribution >= 4 is 5.82 Å². The van der Waals surface area contributed by atoms with Crippen molar-refractivity contribution < 1.29 is 4.74 Å². The maximum atomic E-state index is 5.54. The molecule has 3 nitrogen and oxygen atoms in total. The zero-order valence-electron chi connectivity index (χ0n) is 11.6. The van der Waals surface area contributed by atoms with E-state index in [4.69, 9.17) is 4.74 Å². The van der Waals surface area contributed by atoms with E-state index in [9.17, 15) is 0 Å². The molecule has 0 fully saturated rings. The SMILES string of the molecule is CCOc1cccnc1NCC(C)(C)C(C)C. The second-order valence-corrected chi connectivity index (χ2v) is 5.28. The van der Waals surface area contributed by atoms with Gasteiger partial charge in [0.05, 0.1) is 6.61 Å². The van der Waals surface area contributed by atoms with Crippen molar-refractivity contribution in [1.82, 2.24) is 4.98 Å². The molecule has 96 valence electrons. The minimum atomic E-state index is 0.237. The molecule has 1 aromatic heterocycles. The summed E-state index contributed by atoms with van der Waals surface area (Å²) in [5.41, 5.74) is 0.237. The van der Waals surface area contributed by atoms with Gasteiger partial charge >= 0.3 is 0 Å². The van der Waals surface area contributed by atoms with Crippen LogP contribution >= 0.6 is 0 Å². The fraction of sp³-hybridized carbons (Fsp3) is 0.643. The van der Waals surface area contributed by atoms with Crippen molar-refractivity contribution in [1.29, 1.82) is 0 Å². The average molecular weight is 236 g/mol. The van der Waals surface area contributed by atoms with Gasteiger partial charge in [0.25, 0.3) is 0 Å². The Hall–Kier alpha value is -1.25. The van der Waals surface area contributed by atoms with Gasteiger partial charge in [-0.1, -0.05) is 27.7 Å². The third-order valence-corrected chi connectivity index (χ3v) is 3.34. The van der Waals surface area contributed by atoms with Gasteiger partial charge in [-0.05, 0) is 30.4 Å². The highest BCUT2D eigenvalue weighted by molar-refractivity contribution is 5.49. The molecule has 1 N–H and O–H groups in total. The fourth-order valence-corrected chi connectivity index (χ4v) is 1.31. The predicted molar refractivity (Wildman–Crippen MR) is 72.5 cm³/mol. The number of aromatic nitrogens is 1. The Morgan fingerprint density at radius 1 is 1.41 bits per heavy atom. The number of nitrogens with one attached hydrogen (secondary N) is 1. The summed E-state index contributed by atoms with van der Waals surface area (Å²) in [5.74, 6) is 2.28. The van der Waals surface area contributed by atoms with E-state index in [1.807, 2.05) is 19.1 Å². The number of ether oxygens (including phenoxy) is 1. The molecule has 0 saturated heterocycles. The molecule has 0 radical (unpaired) electrons. The first-order chi connectivity index (χ1) is 7.97. The Morgan fingerprint density at radius 3 is 2.71 bits per heavy atom. The van der Waals surface area contributed by atoms with Gasteiger partial charge in [-0.3, -0.25) is 0 Å². The van der Waals surface area contributed by atoms with E-state index < -0.39 is 0 Å². The quantitative estimate of drug-likeness (QED) is 0.819. The molecule has 0 spiro atoms. The lowest BCUT2D eigenvalue weighted by atomic mass is 9.81. The molecule has 0 atom stereocenters. The molecule has 1 heterocycles. The summed E-state index contributed by atoms with van der Waals surface area (Å²) in [5, 5.41) is 3.38. The van der Waals surface area contributed by atoms with E-state index in [2.05, 4.69) is 38.0 Å². The fourth-order valence-electron chi connectivity index (χ4n) is 1.31. The summed E-state index contributed by atoms with van der Waals surface area (Å²) in [7, 11) is 0. The third kappa shape index (κ3) is 3.91. The number of hydrogen-bond acceptors (Lipinski definition) is 3. The van der Waals surface area contributed by atoms with E-state index in [0.717, 1.165) is 18.1 Å². The number of nitrogens with zero attached hydrogens (tertiary/aromatic N) is 1. The van der Waals surface area contributed by atoms with Crippen molar-refractivity contribution in [3.05, 3.63) is 18.3 Å². The lowest BCUT2D eigenvalue weighted by Gasteiger charge is -2.29. The summed E-state index contributed by atoms with van der Waals surface area (Å²) in [6, 6.07) is 3.84. The Balaban J connectivity index is 2.69. The first-order valence-corrected chi connectivity index (χ1v) is 6.29. The molecule has 1 aromatic rings. The summed E-state index contributed by atoms with van der Waals surface area (Å²) in [6.45, 7) is 12.5. The van der Waals surface area contributed by atoms with Gasteiger partial charge < -0.3 is 10.1 Å². The Morgan fingerprint density at radius 2 is 2.12 bits per heavy atom. The highest BCUT2D eigenvalue weighted by Gasteiger charge is 2.22. The molecule has 0 aliphatic carbocycles. The molecule has 0 bridgehead atoms. The van der Waals surface area contributed by atoms with Gasteiger partial charge in [-0.25, -0.2) is 4.98 Å². The lowest BCUT2D eigenvalue weighted by molar-refractivity contribution is 0.268. The molecule has 1 rings (SSSR count). The summed E-state index contributed by atoms with van der Waals surface area (Å²) >= 11 is 0. The van der Waals surface area contributed by atoms with Crippen LogP contribution in [0.25, 0.3) is 0 Å². The van der Waals surface area contributed by atoms with Crippen molar-refractivity contribution in [2.45, 2.75) is 34.6 Å². The molecule has 0 aromatic carbocycles. The average Bonchev–Trinajstić information content (AvgIpc) is 2.28. The molecule has 3 heteroatoms. The van der Waals surface area contributed by atoms with E-state index >= 15 is 0 Å². The van der Waals surface area contributed by atoms with Crippen molar-refractivity contribution in [3.8, 4) is 5.75 Å². The lowest BCUT2D eigenvalue weighted by Crippen LogP contribution is -2.28. The Labute approximate surface area is 105 Å². The van der Waals surface area contributed by atoms with Crippen LogP contribution < -0.4 is 10.1 Å². The Kier molecular flexibility index (Phi) is 4.79. The maximum absolute atomic E-state index is 5.54. The van der Waals surface area contributed by atoms with Crippen molar-refractivity contribution in [3.63, 3.8) is 0 Å². The van der Waals surface area contributed by atoms with E-state index in [1.54, 1.807) is 6.20 Å². The van der Waals surface area contributed by atoms with Crippen LogP contribution in [0, 0.1) is 11.3 Å². The number of pyridine rings is 1. The van der Waals surface area contributed by atoms with Crippen LogP contribution in [-0.2, 0) is 0 Å². The van der Waals surface area contributed by atoms with Crippen molar-refractivity contribution in [2.75, 3.05) is 18.5 Å².